The molecule has 3 aromatic rings. The van der Waals surface area contributed by atoms with Gasteiger partial charge < -0.3 is 4.74 Å². The molecule has 0 bridgehead atoms. The summed E-state index contributed by atoms with van der Waals surface area (Å²) >= 11 is 0. The second-order valence-electron chi connectivity index (χ2n) is 7.44. The summed E-state index contributed by atoms with van der Waals surface area (Å²) in [6.45, 7) is 5.28. The van der Waals surface area contributed by atoms with Crippen molar-refractivity contribution >= 4 is 11.2 Å². The van der Waals surface area contributed by atoms with E-state index in [0.717, 1.165) is 35.8 Å². The third kappa shape index (κ3) is 4.28. The predicted octanol–water partition coefficient (Wildman–Crippen LogP) is 3.00. The lowest BCUT2D eigenvalue weighted by Gasteiger charge is -2.11. The van der Waals surface area contributed by atoms with Crippen LogP contribution in [0.3, 0.4) is 0 Å². The molecule has 1 aromatic carbocycles. The van der Waals surface area contributed by atoms with Gasteiger partial charge in [0.1, 0.15) is 0 Å². The summed E-state index contributed by atoms with van der Waals surface area (Å²) in [4.78, 5) is 29.7. The normalized spacial score (nSPS) is 11.3. The summed E-state index contributed by atoms with van der Waals surface area (Å²) in [7, 11) is 3.12. The van der Waals surface area contributed by atoms with E-state index >= 15 is 0 Å². The van der Waals surface area contributed by atoms with Crippen LogP contribution >= 0.6 is 0 Å². The maximum absolute atomic E-state index is 12.9. The van der Waals surface area contributed by atoms with Crippen LogP contribution in [-0.2, 0) is 27.1 Å². The SMILES string of the molecule is CCCCCCOc1nc2c(c(=O)n(C)c(=O)n2C)n1Cc1ccc(CC)cc1. The number of rotatable bonds is 9. The van der Waals surface area contributed by atoms with E-state index < -0.39 is 5.69 Å². The Bertz CT molecular complexity index is 1090. The fourth-order valence-electron chi connectivity index (χ4n) is 3.44. The Balaban J connectivity index is 2.03. The van der Waals surface area contributed by atoms with E-state index in [2.05, 4.69) is 43.1 Å². The van der Waals surface area contributed by atoms with E-state index in [1.807, 2.05) is 0 Å². The van der Waals surface area contributed by atoms with Gasteiger partial charge in [0.25, 0.3) is 11.6 Å². The molecule has 0 spiro atoms. The van der Waals surface area contributed by atoms with Crippen LogP contribution in [0.15, 0.2) is 33.9 Å². The molecule has 0 unspecified atom stereocenters. The van der Waals surface area contributed by atoms with Crippen LogP contribution in [-0.4, -0.2) is 25.3 Å². The number of aryl methyl sites for hydroxylation is 2. The monoisotopic (exact) mass is 398 g/mol. The Kier molecular flexibility index (Phi) is 6.56. The van der Waals surface area contributed by atoms with Gasteiger partial charge in [0.05, 0.1) is 13.2 Å². The molecule has 3 rings (SSSR count). The third-order valence-electron chi connectivity index (χ3n) is 5.31. The highest BCUT2D eigenvalue weighted by Crippen LogP contribution is 2.20. The van der Waals surface area contributed by atoms with E-state index in [9.17, 15) is 9.59 Å². The van der Waals surface area contributed by atoms with Crippen molar-refractivity contribution in [1.29, 1.82) is 0 Å². The van der Waals surface area contributed by atoms with Crippen LogP contribution < -0.4 is 16.0 Å². The van der Waals surface area contributed by atoms with E-state index in [4.69, 9.17) is 4.74 Å². The Morgan fingerprint density at radius 2 is 1.62 bits per heavy atom. The highest BCUT2D eigenvalue weighted by molar-refractivity contribution is 5.72. The minimum absolute atomic E-state index is 0.354. The van der Waals surface area contributed by atoms with Crippen LogP contribution in [0.5, 0.6) is 6.01 Å². The van der Waals surface area contributed by atoms with Gasteiger partial charge in [-0.15, -0.1) is 0 Å². The molecule has 0 amide bonds. The smallest absolute Gasteiger partial charge is 0.332 e. The van der Waals surface area contributed by atoms with E-state index in [1.165, 1.54) is 23.6 Å². The number of aromatic nitrogens is 4. The van der Waals surface area contributed by atoms with Gasteiger partial charge in [0, 0.05) is 14.1 Å². The van der Waals surface area contributed by atoms with Gasteiger partial charge in [-0.05, 0) is 24.0 Å². The Morgan fingerprint density at radius 1 is 0.931 bits per heavy atom. The van der Waals surface area contributed by atoms with Gasteiger partial charge in [0.2, 0.25) is 0 Å². The molecule has 29 heavy (non-hydrogen) atoms. The van der Waals surface area contributed by atoms with Gasteiger partial charge in [-0.2, -0.15) is 4.98 Å². The molecule has 0 saturated heterocycles. The zero-order valence-electron chi connectivity index (χ0n) is 17.8. The molecule has 0 atom stereocenters. The number of ether oxygens (including phenoxy) is 1. The molecular weight excluding hydrogens is 368 g/mol. The van der Waals surface area contributed by atoms with E-state index in [0.29, 0.717) is 30.3 Å². The number of hydrogen-bond donors (Lipinski definition) is 0. The molecule has 0 aliphatic heterocycles. The largest absolute Gasteiger partial charge is 0.465 e. The van der Waals surface area contributed by atoms with Gasteiger partial charge in [-0.25, -0.2) is 4.79 Å². The predicted molar refractivity (Wildman–Crippen MR) is 115 cm³/mol. The average Bonchev–Trinajstić information content (AvgIpc) is 3.09. The Hall–Kier alpha value is -2.83. The average molecular weight is 399 g/mol. The van der Waals surface area contributed by atoms with E-state index in [-0.39, 0.29) is 5.56 Å². The molecule has 0 aliphatic carbocycles. The van der Waals surface area contributed by atoms with Crippen molar-refractivity contribution in [3.8, 4) is 6.01 Å². The first-order valence-electron chi connectivity index (χ1n) is 10.3. The first-order chi connectivity index (χ1) is 14.0. The number of hydrogen-bond acceptors (Lipinski definition) is 4. The zero-order valence-corrected chi connectivity index (χ0v) is 17.8. The van der Waals surface area contributed by atoms with Gasteiger partial charge in [-0.1, -0.05) is 57.4 Å². The van der Waals surface area contributed by atoms with Gasteiger partial charge >= 0.3 is 5.69 Å². The molecule has 7 heteroatoms. The molecule has 2 heterocycles. The van der Waals surface area contributed by atoms with Crippen molar-refractivity contribution in [3.63, 3.8) is 0 Å². The van der Waals surface area contributed by atoms with Gasteiger partial charge in [0.15, 0.2) is 11.2 Å². The molecule has 0 N–H and O–H groups in total. The zero-order chi connectivity index (χ0) is 21.0. The molecule has 2 aromatic heterocycles. The van der Waals surface area contributed by atoms with Crippen LogP contribution in [0.25, 0.3) is 11.2 Å². The molecule has 0 aliphatic rings. The lowest BCUT2D eigenvalue weighted by Crippen LogP contribution is -2.37. The third-order valence-corrected chi connectivity index (χ3v) is 5.31. The summed E-state index contributed by atoms with van der Waals surface area (Å²) in [5, 5.41) is 0. The fraction of sp³-hybridized carbons (Fsp3) is 0.500. The van der Waals surface area contributed by atoms with Crippen molar-refractivity contribution in [1.82, 2.24) is 18.7 Å². The first kappa shape index (κ1) is 20.9. The summed E-state index contributed by atoms with van der Waals surface area (Å²) in [5.41, 5.74) is 2.29. The minimum atomic E-state index is -0.394. The molecule has 7 nitrogen and oxygen atoms in total. The molecule has 0 saturated carbocycles. The summed E-state index contributed by atoms with van der Waals surface area (Å²) in [5.74, 6) is 0. The number of unbranched alkanes of at least 4 members (excludes halogenated alkanes) is 3. The number of fused-ring (bicyclic) bond motifs is 1. The maximum Gasteiger partial charge on any atom is 0.332 e. The maximum atomic E-state index is 12.9. The lowest BCUT2D eigenvalue weighted by molar-refractivity contribution is 0.272. The second-order valence-corrected chi connectivity index (χ2v) is 7.44. The Labute approximate surface area is 170 Å². The Morgan fingerprint density at radius 3 is 2.28 bits per heavy atom. The van der Waals surface area contributed by atoms with Crippen molar-refractivity contribution < 1.29 is 4.74 Å². The van der Waals surface area contributed by atoms with Crippen LogP contribution in [0.2, 0.25) is 0 Å². The molecular formula is C22H30N4O3. The number of imidazole rings is 1. The topological polar surface area (TPSA) is 71.1 Å². The van der Waals surface area contributed by atoms with Crippen LogP contribution in [0, 0.1) is 0 Å². The van der Waals surface area contributed by atoms with Crippen molar-refractivity contribution in [2.75, 3.05) is 6.61 Å². The minimum Gasteiger partial charge on any atom is -0.465 e. The summed E-state index contributed by atoms with van der Waals surface area (Å²) in [6.07, 6.45) is 5.32. The molecule has 0 radical (unpaired) electrons. The highest BCUT2D eigenvalue weighted by Gasteiger charge is 2.20. The quantitative estimate of drug-likeness (QED) is 0.520. The summed E-state index contributed by atoms with van der Waals surface area (Å²) < 4.78 is 10.3. The summed E-state index contributed by atoms with van der Waals surface area (Å²) in [6, 6.07) is 8.68. The number of benzene rings is 1. The molecule has 0 fully saturated rings. The van der Waals surface area contributed by atoms with E-state index in [1.54, 1.807) is 11.6 Å². The van der Waals surface area contributed by atoms with Gasteiger partial charge in [-0.3, -0.25) is 18.5 Å². The van der Waals surface area contributed by atoms with Crippen molar-refractivity contribution in [3.05, 3.63) is 56.2 Å². The second kappa shape index (κ2) is 9.11. The highest BCUT2D eigenvalue weighted by atomic mass is 16.5. The fourth-order valence-corrected chi connectivity index (χ4v) is 3.44. The number of nitrogens with zero attached hydrogens (tertiary/aromatic N) is 4. The van der Waals surface area contributed by atoms with Crippen molar-refractivity contribution in [2.24, 2.45) is 14.1 Å². The van der Waals surface area contributed by atoms with Crippen LogP contribution in [0.1, 0.15) is 50.7 Å². The van der Waals surface area contributed by atoms with Crippen LogP contribution in [0.4, 0.5) is 0 Å². The lowest BCUT2D eigenvalue weighted by atomic mass is 10.1. The first-order valence-corrected chi connectivity index (χ1v) is 10.3. The standard InChI is InChI=1S/C22H30N4O3/c1-5-7-8-9-14-29-21-23-19-18(20(27)25(4)22(28)24(19)3)26(21)15-17-12-10-16(6-2)11-13-17/h10-13H,5-9,14-15H2,1-4H3. The van der Waals surface area contributed by atoms with Crippen molar-refractivity contribution in [2.45, 2.75) is 52.5 Å². The molecule has 156 valence electrons.